The standard InChI is InChI=1S/C19H19FN4O3/c1-2-27-19(26)16-10-21-17-6-7-18(22-24(16)17)23-11-14(25)9-15(23)12-4-3-5-13(20)8-12/h3-8,10,14-15,25H,2,9,11H2,1H3/t14-,15?/m1/s1. The third-order valence-electron chi connectivity index (χ3n) is 4.64. The Hall–Kier alpha value is -3.00. The van der Waals surface area contributed by atoms with Gasteiger partial charge in [-0.15, -0.1) is 5.10 Å². The summed E-state index contributed by atoms with van der Waals surface area (Å²) in [6, 6.07) is 9.66. The van der Waals surface area contributed by atoms with Crippen molar-refractivity contribution in [3.63, 3.8) is 0 Å². The van der Waals surface area contributed by atoms with Crippen molar-refractivity contribution in [2.45, 2.75) is 25.5 Å². The topological polar surface area (TPSA) is 80.0 Å². The molecular weight excluding hydrogens is 351 g/mol. The first-order valence-electron chi connectivity index (χ1n) is 8.79. The zero-order chi connectivity index (χ0) is 19.0. The average Bonchev–Trinajstić information content (AvgIpc) is 3.25. The molecule has 27 heavy (non-hydrogen) atoms. The van der Waals surface area contributed by atoms with Gasteiger partial charge in [-0.1, -0.05) is 12.1 Å². The maximum atomic E-state index is 13.7. The van der Waals surface area contributed by atoms with Gasteiger partial charge in [0.25, 0.3) is 0 Å². The number of esters is 1. The van der Waals surface area contributed by atoms with Crippen molar-refractivity contribution in [3.05, 3.63) is 59.7 Å². The molecule has 1 aliphatic heterocycles. The molecule has 4 rings (SSSR count). The highest BCUT2D eigenvalue weighted by molar-refractivity contribution is 5.88. The molecule has 7 nitrogen and oxygen atoms in total. The predicted octanol–water partition coefficient (Wildman–Crippen LogP) is 2.36. The molecule has 1 aromatic carbocycles. The summed E-state index contributed by atoms with van der Waals surface area (Å²) in [5.74, 6) is -0.258. The van der Waals surface area contributed by atoms with Crippen LogP contribution in [0.3, 0.4) is 0 Å². The van der Waals surface area contributed by atoms with E-state index < -0.39 is 12.1 Å². The molecule has 0 aliphatic carbocycles. The molecule has 3 heterocycles. The summed E-state index contributed by atoms with van der Waals surface area (Å²) < 4.78 is 20.1. The molecule has 1 aliphatic rings. The summed E-state index contributed by atoms with van der Waals surface area (Å²) in [4.78, 5) is 18.2. The zero-order valence-corrected chi connectivity index (χ0v) is 14.7. The fourth-order valence-corrected chi connectivity index (χ4v) is 3.46. The number of ether oxygens (including phenoxy) is 1. The lowest BCUT2D eigenvalue weighted by molar-refractivity contribution is 0.0516. The lowest BCUT2D eigenvalue weighted by atomic mass is 10.0. The molecule has 1 saturated heterocycles. The van der Waals surface area contributed by atoms with Gasteiger partial charge in [0.15, 0.2) is 11.3 Å². The number of aliphatic hydroxyl groups excluding tert-OH is 1. The summed E-state index contributed by atoms with van der Waals surface area (Å²) in [6.45, 7) is 2.35. The molecule has 2 aromatic heterocycles. The largest absolute Gasteiger partial charge is 0.461 e. The summed E-state index contributed by atoms with van der Waals surface area (Å²) in [6.07, 6.45) is 1.34. The molecular formula is C19H19FN4O3. The molecule has 2 atom stereocenters. The number of aromatic nitrogens is 3. The van der Waals surface area contributed by atoms with Crippen molar-refractivity contribution in [1.82, 2.24) is 14.6 Å². The van der Waals surface area contributed by atoms with Crippen molar-refractivity contribution in [1.29, 1.82) is 0 Å². The molecule has 0 spiro atoms. The van der Waals surface area contributed by atoms with E-state index >= 15 is 0 Å². The number of fused-ring (bicyclic) bond motifs is 1. The SMILES string of the molecule is CCOC(=O)c1cnc2ccc(N3C[C@H](O)CC3c3cccc(F)c3)nn12. The van der Waals surface area contributed by atoms with Crippen LogP contribution >= 0.6 is 0 Å². The Bertz CT molecular complexity index is 990. The second-order valence-electron chi connectivity index (χ2n) is 6.44. The molecule has 0 bridgehead atoms. The Balaban J connectivity index is 1.73. The minimum atomic E-state index is -0.553. The molecule has 3 aromatic rings. The third-order valence-corrected chi connectivity index (χ3v) is 4.64. The minimum Gasteiger partial charge on any atom is -0.461 e. The number of carbonyl (C=O) groups is 1. The van der Waals surface area contributed by atoms with Crippen LogP contribution in [-0.2, 0) is 4.74 Å². The highest BCUT2D eigenvalue weighted by Gasteiger charge is 2.33. The number of rotatable bonds is 4. The molecule has 140 valence electrons. The van der Waals surface area contributed by atoms with Gasteiger partial charge in [-0.25, -0.2) is 18.7 Å². The Morgan fingerprint density at radius 2 is 2.22 bits per heavy atom. The number of hydrogen-bond acceptors (Lipinski definition) is 6. The van der Waals surface area contributed by atoms with E-state index in [1.807, 2.05) is 11.0 Å². The number of halogens is 1. The van der Waals surface area contributed by atoms with Gasteiger partial charge in [0, 0.05) is 6.54 Å². The Labute approximate surface area is 155 Å². The van der Waals surface area contributed by atoms with Gasteiger partial charge in [-0.05, 0) is 43.2 Å². The first kappa shape index (κ1) is 17.4. The van der Waals surface area contributed by atoms with Gasteiger partial charge in [0.05, 0.1) is 24.9 Å². The Morgan fingerprint density at radius 3 is 3.00 bits per heavy atom. The van der Waals surface area contributed by atoms with Crippen LogP contribution in [0.1, 0.15) is 35.4 Å². The van der Waals surface area contributed by atoms with Crippen LogP contribution in [0.2, 0.25) is 0 Å². The van der Waals surface area contributed by atoms with Crippen LogP contribution in [-0.4, -0.2) is 44.9 Å². The number of aliphatic hydroxyl groups is 1. The maximum Gasteiger partial charge on any atom is 0.358 e. The predicted molar refractivity (Wildman–Crippen MR) is 96.1 cm³/mol. The van der Waals surface area contributed by atoms with Gasteiger partial charge in [-0.3, -0.25) is 0 Å². The first-order valence-corrected chi connectivity index (χ1v) is 8.79. The van der Waals surface area contributed by atoms with E-state index in [-0.39, 0.29) is 24.2 Å². The van der Waals surface area contributed by atoms with Crippen LogP contribution in [0.4, 0.5) is 10.2 Å². The number of β-amino-alcohol motifs (C(OH)–C–C–N with tert-alkyl or cyclic N) is 1. The zero-order valence-electron chi connectivity index (χ0n) is 14.7. The van der Waals surface area contributed by atoms with E-state index in [1.54, 1.807) is 25.1 Å². The number of carbonyl (C=O) groups excluding carboxylic acids is 1. The van der Waals surface area contributed by atoms with E-state index in [1.165, 1.54) is 22.8 Å². The van der Waals surface area contributed by atoms with Crippen LogP contribution in [0.15, 0.2) is 42.6 Å². The van der Waals surface area contributed by atoms with E-state index in [2.05, 4.69) is 10.1 Å². The maximum absolute atomic E-state index is 13.7. The molecule has 1 fully saturated rings. The third kappa shape index (κ3) is 3.23. The highest BCUT2D eigenvalue weighted by atomic mass is 19.1. The van der Waals surface area contributed by atoms with Crippen LogP contribution in [0.25, 0.3) is 5.65 Å². The van der Waals surface area contributed by atoms with E-state index in [0.29, 0.717) is 24.4 Å². The van der Waals surface area contributed by atoms with E-state index in [0.717, 1.165) is 5.56 Å². The normalized spacial score (nSPS) is 19.6. The summed E-state index contributed by atoms with van der Waals surface area (Å²) >= 11 is 0. The van der Waals surface area contributed by atoms with Gasteiger partial charge in [-0.2, -0.15) is 0 Å². The monoisotopic (exact) mass is 370 g/mol. The molecule has 1 N–H and O–H groups in total. The number of benzene rings is 1. The van der Waals surface area contributed by atoms with Crippen LogP contribution in [0.5, 0.6) is 0 Å². The summed E-state index contributed by atoms with van der Waals surface area (Å²) in [5, 5.41) is 14.7. The quantitative estimate of drug-likeness (QED) is 0.710. The number of anilines is 1. The van der Waals surface area contributed by atoms with Crippen LogP contribution in [0, 0.1) is 5.82 Å². The first-order chi connectivity index (χ1) is 13.1. The van der Waals surface area contributed by atoms with Crippen LogP contribution < -0.4 is 4.90 Å². The second-order valence-corrected chi connectivity index (χ2v) is 6.44. The Morgan fingerprint density at radius 1 is 1.37 bits per heavy atom. The molecule has 0 radical (unpaired) electrons. The van der Waals surface area contributed by atoms with Gasteiger partial charge >= 0.3 is 5.97 Å². The smallest absolute Gasteiger partial charge is 0.358 e. The lowest BCUT2D eigenvalue weighted by Gasteiger charge is -2.25. The molecule has 1 unspecified atom stereocenters. The fourth-order valence-electron chi connectivity index (χ4n) is 3.46. The lowest BCUT2D eigenvalue weighted by Crippen LogP contribution is -2.26. The molecule has 8 heteroatoms. The van der Waals surface area contributed by atoms with Crippen molar-refractivity contribution >= 4 is 17.4 Å². The van der Waals surface area contributed by atoms with Gasteiger partial charge in [0.1, 0.15) is 11.6 Å². The Kier molecular flexibility index (Phi) is 4.49. The van der Waals surface area contributed by atoms with Gasteiger partial charge in [0.2, 0.25) is 0 Å². The highest BCUT2D eigenvalue weighted by Crippen LogP contribution is 2.35. The van der Waals surface area contributed by atoms with Crippen molar-refractivity contribution in [3.8, 4) is 0 Å². The summed E-state index contributed by atoms with van der Waals surface area (Å²) in [5.41, 5.74) is 1.52. The minimum absolute atomic E-state index is 0.213. The number of imidazole rings is 1. The molecule has 0 saturated carbocycles. The van der Waals surface area contributed by atoms with E-state index in [4.69, 9.17) is 4.74 Å². The van der Waals surface area contributed by atoms with Gasteiger partial charge < -0.3 is 14.7 Å². The number of nitrogens with zero attached hydrogens (tertiary/aromatic N) is 4. The number of hydrogen-bond donors (Lipinski definition) is 1. The van der Waals surface area contributed by atoms with Crippen molar-refractivity contribution in [2.24, 2.45) is 0 Å². The van der Waals surface area contributed by atoms with Crippen molar-refractivity contribution < 1.29 is 19.0 Å². The van der Waals surface area contributed by atoms with Crippen molar-refractivity contribution in [2.75, 3.05) is 18.1 Å². The second kappa shape index (κ2) is 6.96. The molecule has 0 amide bonds. The van der Waals surface area contributed by atoms with E-state index in [9.17, 15) is 14.3 Å². The summed E-state index contributed by atoms with van der Waals surface area (Å²) in [7, 11) is 0. The fraction of sp³-hybridized carbons (Fsp3) is 0.316. The average molecular weight is 370 g/mol.